The van der Waals surface area contributed by atoms with Crippen LogP contribution in [-0.2, 0) is 5.41 Å². The van der Waals surface area contributed by atoms with Crippen molar-refractivity contribution in [3.8, 4) is 0 Å². The molecule has 2 rings (SSSR count). The molecule has 2 aromatic rings. The maximum atomic E-state index is 5.91. The van der Waals surface area contributed by atoms with Crippen molar-refractivity contribution in [3.63, 3.8) is 0 Å². The smallest absolute Gasteiger partial charge is 0.226 e. The van der Waals surface area contributed by atoms with E-state index in [4.69, 9.17) is 4.42 Å². The number of pyridine rings is 1. The van der Waals surface area contributed by atoms with E-state index in [2.05, 4.69) is 45.7 Å². The summed E-state index contributed by atoms with van der Waals surface area (Å²) < 4.78 is 5.91. The zero-order chi connectivity index (χ0) is 11.9. The predicted molar refractivity (Wildman–Crippen MR) is 66.8 cm³/mol. The van der Waals surface area contributed by atoms with Gasteiger partial charge in [-0.1, -0.05) is 34.6 Å². The quantitative estimate of drug-likeness (QED) is 0.713. The van der Waals surface area contributed by atoms with Crippen LogP contribution in [0.15, 0.2) is 22.7 Å². The number of furan rings is 1. The van der Waals surface area contributed by atoms with Gasteiger partial charge in [0.15, 0.2) is 0 Å². The summed E-state index contributed by atoms with van der Waals surface area (Å²) in [4.78, 5) is 4.29. The maximum absolute atomic E-state index is 5.91. The van der Waals surface area contributed by atoms with Gasteiger partial charge in [-0.15, -0.1) is 0 Å². The minimum absolute atomic E-state index is 0.0281. The van der Waals surface area contributed by atoms with Crippen molar-refractivity contribution in [3.05, 3.63) is 29.7 Å². The molecule has 0 saturated carbocycles. The van der Waals surface area contributed by atoms with Crippen molar-refractivity contribution in [2.75, 3.05) is 0 Å². The summed E-state index contributed by atoms with van der Waals surface area (Å²) in [6, 6.07) is 4.06. The van der Waals surface area contributed by atoms with E-state index >= 15 is 0 Å². The second-order valence-electron chi connectivity index (χ2n) is 5.61. The Morgan fingerprint density at radius 2 is 1.94 bits per heavy atom. The Bertz CT molecular complexity index is 503. The molecule has 0 aliphatic rings. The summed E-state index contributed by atoms with van der Waals surface area (Å²) >= 11 is 0. The van der Waals surface area contributed by atoms with Crippen LogP contribution in [0, 0.1) is 0 Å². The summed E-state index contributed by atoms with van der Waals surface area (Å²) in [5, 5.41) is 1.16. The number of nitrogens with zero attached hydrogens (tertiary/aromatic N) is 1. The highest BCUT2D eigenvalue weighted by Crippen LogP contribution is 2.37. The normalized spacial score (nSPS) is 12.6. The molecular formula is C14H19NO. The van der Waals surface area contributed by atoms with E-state index in [9.17, 15) is 0 Å². The van der Waals surface area contributed by atoms with E-state index in [1.165, 1.54) is 5.56 Å². The van der Waals surface area contributed by atoms with Gasteiger partial charge in [-0.3, -0.25) is 0 Å². The molecule has 0 radical (unpaired) electrons. The molecule has 0 spiro atoms. The van der Waals surface area contributed by atoms with Crippen LogP contribution < -0.4 is 0 Å². The van der Waals surface area contributed by atoms with Crippen molar-refractivity contribution in [1.82, 2.24) is 4.98 Å². The Hall–Kier alpha value is -1.31. The molecule has 0 aromatic carbocycles. The summed E-state index contributed by atoms with van der Waals surface area (Å²) in [7, 11) is 0. The van der Waals surface area contributed by atoms with Crippen LogP contribution in [0.4, 0.5) is 0 Å². The van der Waals surface area contributed by atoms with Gasteiger partial charge in [0.25, 0.3) is 0 Å². The molecule has 2 heterocycles. The van der Waals surface area contributed by atoms with Gasteiger partial charge in [0.1, 0.15) is 5.76 Å². The molecule has 2 nitrogen and oxygen atoms in total. The van der Waals surface area contributed by atoms with Gasteiger partial charge < -0.3 is 4.42 Å². The number of hydrogen-bond acceptors (Lipinski definition) is 2. The number of aromatic nitrogens is 1. The van der Waals surface area contributed by atoms with Crippen LogP contribution in [0.1, 0.15) is 51.9 Å². The van der Waals surface area contributed by atoms with E-state index < -0.39 is 0 Å². The highest BCUT2D eigenvalue weighted by molar-refractivity contribution is 5.79. The lowest BCUT2D eigenvalue weighted by Gasteiger charge is -2.18. The average molecular weight is 217 g/mol. The molecule has 0 saturated heterocycles. The minimum Gasteiger partial charge on any atom is -0.442 e. The highest BCUT2D eigenvalue weighted by atomic mass is 16.3. The fourth-order valence-corrected chi connectivity index (χ4v) is 2.08. The molecule has 0 aliphatic carbocycles. The van der Waals surface area contributed by atoms with Crippen LogP contribution in [0.25, 0.3) is 11.1 Å². The fraction of sp³-hybridized carbons (Fsp3) is 0.500. The van der Waals surface area contributed by atoms with Gasteiger partial charge in [0, 0.05) is 22.6 Å². The molecule has 0 N–H and O–H groups in total. The molecule has 0 aliphatic heterocycles. The monoisotopic (exact) mass is 217 g/mol. The largest absolute Gasteiger partial charge is 0.442 e. The van der Waals surface area contributed by atoms with Gasteiger partial charge in [-0.25, -0.2) is 4.98 Å². The second kappa shape index (κ2) is 3.62. The number of hydrogen-bond donors (Lipinski definition) is 0. The first kappa shape index (κ1) is 11.2. The number of fused-ring (bicyclic) bond motifs is 1. The van der Waals surface area contributed by atoms with Crippen LogP contribution in [0.2, 0.25) is 0 Å². The van der Waals surface area contributed by atoms with Gasteiger partial charge >= 0.3 is 0 Å². The molecular weight excluding hydrogens is 198 g/mol. The number of rotatable bonds is 1. The first-order valence-electron chi connectivity index (χ1n) is 5.79. The topological polar surface area (TPSA) is 26.0 Å². The van der Waals surface area contributed by atoms with Crippen LogP contribution >= 0.6 is 0 Å². The molecule has 16 heavy (non-hydrogen) atoms. The van der Waals surface area contributed by atoms with Crippen molar-refractivity contribution in [2.45, 2.75) is 46.0 Å². The Kier molecular flexibility index (Phi) is 2.53. The molecule has 0 fully saturated rings. The highest BCUT2D eigenvalue weighted by Gasteiger charge is 2.26. The SMILES string of the molecule is CC(C)c1c(C(C)(C)C)oc2ncccc12. The van der Waals surface area contributed by atoms with Crippen LogP contribution in [0.3, 0.4) is 0 Å². The van der Waals surface area contributed by atoms with E-state index in [-0.39, 0.29) is 5.41 Å². The maximum Gasteiger partial charge on any atom is 0.226 e. The molecule has 0 unspecified atom stereocenters. The lowest BCUT2D eigenvalue weighted by molar-refractivity contribution is 0.418. The van der Waals surface area contributed by atoms with E-state index in [1.54, 1.807) is 6.20 Å². The van der Waals surface area contributed by atoms with E-state index in [1.807, 2.05) is 6.07 Å². The Morgan fingerprint density at radius 1 is 1.25 bits per heavy atom. The van der Waals surface area contributed by atoms with Gasteiger partial charge in [0.2, 0.25) is 5.71 Å². The Morgan fingerprint density at radius 3 is 2.50 bits per heavy atom. The third kappa shape index (κ3) is 1.73. The third-order valence-electron chi connectivity index (χ3n) is 2.76. The van der Waals surface area contributed by atoms with Crippen molar-refractivity contribution < 1.29 is 4.42 Å². The molecule has 86 valence electrons. The summed E-state index contributed by atoms with van der Waals surface area (Å²) in [5.74, 6) is 1.52. The van der Waals surface area contributed by atoms with E-state index in [0.29, 0.717) is 5.92 Å². The summed E-state index contributed by atoms with van der Waals surface area (Å²) in [6.07, 6.45) is 1.78. The standard InChI is InChI=1S/C14H19NO/c1-9(2)11-10-7-6-8-15-13(10)16-12(11)14(3,4)5/h6-9H,1-5H3. The lowest BCUT2D eigenvalue weighted by atomic mass is 9.86. The second-order valence-corrected chi connectivity index (χ2v) is 5.61. The zero-order valence-electron chi connectivity index (χ0n) is 10.7. The third-order valence-corrected chi connectivity index (χ3v) is 2.76. The van der Waals surface area contributed by atoms with Crippen molar-refractivity contribution in [1.29, 1.82) is 0 Å². The zero-order valence-corrected chi connectivity index (χ0v) is 10.7. The lowest BCUT2D eigenvalue weighted by Crippen LogP contribution is -2.12. The Labute approximate surface area is 96.7 Å². The predicted octanol–water partition coefficient (Wildman–Crippen LogP) is 4.25. The molecule has 0 amide bonds. The molecule has 0 atom stereocenters. The van der Waals surface area contributed by atoms with Crippen molar-refractivity contribution >= 4 is 11.1 Å². The Balaban J connectivity index is 2.78. The van der Waals surface area contributed by atoms with Crippen LogP contribution in [0.5, 0.6) is 0 Å². The molecule has 2 aromatic heterocycles. The first-order chi connectivity index (χ1) is 7.41. The minimum atomic E-state index is 0.0281. The fourth-order valence-electron chi connectivity index (χ4n) is 2.08. The van der Waals surface area contributed by atoms with E-state index in [0.717, 1.165) is 16.9 Å². The summed E-state index contributed by atoms with van der Waals surface area (Å²) in [6.45, 7) is 10.9. The van der Waals surface area contributed by atoms with Crippen LogP contribution in [-0.4, -0.2) is 4.98 Å². The average Bonchev–Trinajstić information content (AvgIpc) is 2.55. The van der Waals surface area contributed by atoms with Gasteiger partial charge in [0.05, 0.1) is 0 Å². The van der Waals surface area contributed by atoms with Crippen molar-refractivity contribution in [2.24, 2.45) is 0 Å². The first-order valence-corrected chi connectivity index (χ1v) is 5.79. The van der Waals surface area contributed by atoms with Gasteiger partial charge in [-0.2, -0.15) is 0 Å². The summed E-state index contributed by atoms with van der Waals surface area (Å²) in [5.41, 5.74) is 2.09. The molecule has 2 heteroatoms. The van der Waals surface area contributed by atoms with Gasteiger partial charge in [-0.05, 0) is 18.1 Å². The molecule has 0 bridgehead atoms.